The summed E-state index contributed by atoms with van der Waals surface area (Å²) >= 11 is 0. The molecule has 1 fully saturated rings. The van der Waals surface area contributed by atoms with Crippen molar-refractivity contribution in [3.05, 3.63) is 23.8 Å². The second kappa shape index (κ2) is 4.66. The fourth-order valence-corrected chi connectivity index (χ4v) is 2.38. The molecular formula is C12H16O4S. The molecule has 0 amide bonds. The first-order chi connectivity index (χ1) is 8.03. The average Bonchev–Trinajstić information content (AvgIpc) is 3.05. The molecule has 0 radical (unpaired) electrons. The molecule has 4 nitrogen and oxygen atoms in total. The Labute approximate surface area is 102 Å². The molecule has 0 heterocycles. The first-order valence-corrected chi connectivity index (χ1v) is 7.10. The van der Waals surface area contributed by atoms with Crippen molar-refractivity contribution in [1.29, 1.82) is 0 Å². The van der Waals surface area contributed by atoms with E-state index in [1.54, 1.807) is 25.1 Å². The molecule has 0 aromatic heterocycles. The number of ether oxygens (including phenoxy) is 1. The lowest BCUT2D eigenvalue weighted by molar-refractivity contribution is 0.299. The van der Waals surface area contributed by atoms with E-state index in [-0.39, 0.29) is 17.6 Å². The minimum absolute atomic E-state index is 0.134. The fourth-order valence-electron chi connectivity index (χ4n) is 1.45. The summed E-state index contributed by atoms with van der Waals surface area (Å²) in [4.78, 5) is 0.153. The molecule has 5 heteroatoms. The molecule has 0 saturated heterocycles. The highest BCUT2D eigenvalue weighted by molar-refractivity contribution is 7.86. The second-order valence-corrected chi connectivity index (χ2v) is 5.72. The summed E-state index contributed by atoms with van der Waals surface area (Å²) < 4.78 is 33.8. The number of aryl methyl sites for hydroxylation is 1. The van der Waals surface area contributed by atoms with Gasteiger partial charge in [-0.2, -0.15) is 8.42 Å². The van der Waals surface area contributed by atoms with E-state index in [1.807, 2.05) is 6.92 Å². The second-order valence-electron chi connectivity index (χ2n) is 4.11. The summed E-state index contributed by atoms with van der Waals surface area (Å²) in [5.74, 6) is 0.633. The number of benzene rings is 1. The van der Waals surface area contributed by atoms with E-state index in [2.05, 4.69) is 0 Å². The molecule has 17 heavy (non-hydrogen) atoms. The van der Waals surface area contributed by atoms with Crippen LogP contribution in [-0.2, 0) is 14.3 Å². The number of hydrogen-bond acceptors (Lipinski definition) is 4. The van der Waals surface area contributed by atoms with Gasteiger partial charge in [-0.3, -0.25) is 4.18 Å². The van der Waals surface area contributed by atoms with Crippen LogP contribution < -0.4 is 4.74 Å². The summed E-state index contributed by atoms with van der Waals surface area (Å²) in [5.41, 5.74) is 0.937. The van der Waals surface area contributed by atoms with Crippen molar-refractivity contribution in [1.82, 2.24) is 0 Å². The lowest BCUT2D eigenvalue weighted by atomic mass is 10.2. The molecule has 0 atom stereocenters. The van der Waals surface area contributed by atoms with Gasteiger partial charge in [0.25, 0.3) is 10.1 Å². The summed E-state index contributed by atoms with van der Waals surface area (Å²) in [6, 6.07) is 4.82. The Morgan fingerprint density at radius 1 is 1.35 bits per heavy atom. The third-order valence-electron chi connectivity index (χ3n) is 2.54. The van der Waals surface area contributed by atoms with Crippen LogP contribution in [0.15, 0.2) is 23.1 Å². The minimum atomic E-state index is -3.64. The van der Waals surface area contributed by atoms with Crippen molar-refractivity contribution in [2.75, 3.05) is 6.61 Å². The molecule has 0 spiro atoms. The first-order valence-electron chi connectivity index (χ1n) is 5.69. The van der Waals surface area contributed by atoms with Crippen LogP contribution in [0.2, 0.25) is 0 Å². The van der Waals surface area contributed by atoms with Gasteiger partial charge < -0.3 is 4.74 Å². The van der Waals surface area contributed by atoms with Gasteiger partial charge in [-0.25, -0.2) is 0 Å². The predicted molar refractivity (Wildman–Crippen MR) is 63.6 cm³/mol. The Kier molecular flexibility index (Phi) is 3.40. The van der Waals surface area contributed by atoms with Crippen LogP contribution >= 0.6 is 0 Å². The van der Waals surface area contributed by atoms with Gasteiger partial charge in [0.1, 0.15) is 5.75 Å². The van der Waals surface area contributed by atoms with Crippen LogP contribution in [-0.4, -0.2) is 21.1 Å². The van der Waals surface area contributed by atoms with Crippen LogP contribution in [0.3, 0.4) is 0 Å². The molecule has 0 aliphatic heterocycles. The maximum absolute atomic E-state index is 11.7. The molecule has 0 unspecified atom stereocenters. The van der Waals surface area contributed by atoms with Gasteiger partial charge in [0.05, 0.1) is 17.6 Å². The van der Waals surface area contributed by atoms with E-state index in [1.165, 1.54) is 0 Å². The summed E-state index contributed by atoms with van der Waals surface area (Å²) in [6.45, 7) is 3.68. The van der Waals surface area contributed by atoms with E-state index in [0.29, 0.717) is 5.75 Å². The standard InChI is InChI=1S/C12H16O4S/c1-3-15-17(13,14)11-7-4-9(2)12(8-11)16-10-5-6-10/h4,7-8,10H,3,5-6H2,1-2H3. The molecular weight excluding hydrogens is 240 g/mol. The van der Waals surface area contributed by atoms with E-state index in [0.717, 1.165) is 18.4 Å². The van der Waals surface area contributed by atoms with Gasteiger partial charge in [0.15, 0.2) is 0 Å². The number of rotatable bonds is 5. The van der Waals surface area contributed by atoms with Gasteiger partial charge in [0, 0.05) is 6.07 Å². The van der Waals surface area contributed by atoms with Crippen molar-refractivity contribution >= 4 is 10.1 Å². The number of hydrogen-bond donors (Lipinski definition) is 0. The zero-order valence-corrected chi connectivity index (χ0v) is 10.8. The van der Waals surface area contributed by atoms with Crippen LogP contribution in [0.25, 0.3) is 0 Å². The topological polar surface area (TPSA) is 52.6 Å². The van der Waals surface area contributed by atoms with Crippen LogP contribution in [0.4, 0.5) is 0 Å². The highest BCUT2D eigenvalue weighted by atomic mass is 32.2. The molecule has 1 aliphatic rings. The molecule has 1 aliphatic carbocycles. The maximum Gasteiger partial charge on any atom is 0.297 e. The largest absolute Gasteiger partial charge is 0.490 e. The fraction of sp³-hybridized carbons (Fsp3) is 0.500. The van der Waals surface area contributed by atoms with Gasteiger partial charge in [-0.05, 0) is 38.3 Å². The molecule has 0 N–H and O–H groups in total. The molecule has 94 valence electrons. The van der Waals surface area contributed by atoms with Crippen molar-refractivity contribution in [2.24, 2.45) is 0 Å². The zero-order chi connectivity index (χ0) is 12.5. The zero-order valence-electron chi connectivity index (χ0n) is 9.97. The van der Waals surface area contributed by atoms with E-state index >= 15 is 0 Å². The Balaban J connectivity index is 2.29. The minimum Gasteiger partial charge on any atom is -0.490 e. The third kappa shape index (κ3) is 2.98. The summed E-state index contributed by atoms with van der Waals surface area (Å²) in [5, 5.41) is 0. The van der Waals surface area contributed by atoms with E-state index in [9.17, 15) is 8.42 Å². The van der Waals surface area contributed by atoms with Crippen LogP contribution in [0.1, 0.15) is 25.3 Å². The molecule has 2 rings (SSSR count). The predicted octanol–water partition coefficient (Wildman–Crippen LogP) is 2.26. The lowest BCUT2D eigenvalue weighted by Crippen LogP contribution is -2.07. The van der Waals surface area contributed by atoms with Gasteiger partial charge in [0.2, 0.25) is 0 Å². The van der Waals surface area contributed by atoms with Crippen molar-refractivity contribution in [3.63, 3.8) is 0 Å². The SMILES string of the molecule is CCOS(=O)(=O)c1ccc(C)c(OC2CC2)c1. The van der Waals surface area contributed by atoms with Gasteiger partial charge >= 0.3 is 0 Å². The van der Waals surface area contributed by atoms with Gasteiger partial charge in [-0.1, -0.05) is 6.07 Å². The molecule has 1 aromatic rings. The Hall–Kier alpha value is -1.07. The smallest absolute Gasteiger partial charge is 0.297 e. The molecule has 0 bridgehead atoms. The van der Waals surface area contributed by atoms with Crippen molar-refractivity contribution < 1.29 is 17.3 Å². The van der Waals surface area contributed by atoms with E-state index in [4.69, 9.17) is 8.92 Å². The first kappa shape index (κ1) is 12.4. The van der Waals surface area contributed by atoms with Crippen molar-refractivity contribution in [2.45, 2.75) is 37.7 Å². The summed E-state index contributed by atoms with van der Waals surface area (Å²) in [7, 11) is -3.64. The lowest BCUT2D eigenvalue weighted by Gasteiger charge is -2.10. The maximum atomic E-state index is 11.7. The Bertz CT molecular complexity index is 503. The van der Waals surface area contributed by atoms with Crippen LogP contribution in [0, 0.1) is 6.92 Å². The third-order valence-corrected chi connectivity index (χ3v) is 3.92. The highest BCUT2D eigenvalue weighted by Gasteiger charge is 2.25. The monoisotopic (exact) mass is 256 g/mol. The summed E-state index contributed by atoms with van der Waals surface area (Å²) in [6.07, 6.45) is 2.34. The average molecular weight is 256 g/mol. The molecule has 1 aromatic carbocycles. The van der Waals surface area contributed by atoms with Crippen LogP contribution in [0.5, 0.6) is 5.75 Å². The normalized spacial score (nSPS) is 15.9. The van der Waals surface area contributed by atoms with Gasteiger partial charge in [-0.15, -0.1) is 0 Å². The Morgan fingerprint density at radius 2 is 2.06 bits per heavy atom. The molecule has 1 saturated carbocycles. The Morgan fingerprint density at radius 3 is 2.65 bits per heavy atom. The highest BCUT2D eigenvalue weighted by Crippen LogP contribution is 2.30. The quantitative estimate of drug-likeness (QED) is 0.758. The van der Waals surface area contributed by atoms with Crippen molar-refractivity contribution in [3.8, 4) is 5.75 Å². The van der Waals surface area contributed by atoms with E-state index < -0.39 is 10.1 Å².